The number of carbonyl (C=O) groups is 2. The number of nitrogens with one attached hydrogen (secondary N) is 2. The Kier molecular flexibility index (Phi) is 6.95. The summed E-state index contributed by atoms with van der Waals surface area (Å²) in [5.41, 5.74) is 1.06. The highest BCUT2D eigenvalue weighted by Gasteiger charge is 2.18. The van der Waals surface area contributed by atoms with Crippen LogP contribution in [0, 0.1) is 0 Å². The van der Waals surface area contributed by atoms with Crippen molar-refractivity contribution in [1.82, 2.24) is 10.6 Å². The molecule has 0 spiro atoms. The molecular formula is C10H18N2O4. The Bertz CT molecular complexity index is 272. The lowest BCUT2D eigenvalue weighted by atomic mass is 10.2. The van der Waals surface area contributed by atoms with Gasteiger partial charge in [-0.15, -0.1) is 0 Å². The Hall–Kier alpha value is -1.56. The first-order valence-corrected chi connectivity index (χ1v) is 4.98. The molecule has 0 aromatic heterocycles. The fourth-order valence-corrected chi connectivity index (χ4v) is 0.944. The lowest BCUT2D eigenvalue weighted by Crippen LogP contribution is -2.46. The number of aliphatic carboxylic acids is 1. The quantitative estimate of drug-likeness (QED) is 0.486. The molecule has 0 aromatic rings. The third-order valence-electron chi connectivity index (χ3n) is 1.79. The molecule has 1 atom stereocenters. The minimum absolute atomic E-state index is 0.00853. The van der Waals surface area contributed by atoms with Crippen LogP contribution >= 0.6 is 0 Å². The third-order valence-corrected chi connectivity index (χ3v) is 1.79. The molecule has 92 valence electrons. The van der Waals surface area contributed by atoms with Crippen LogP contribution < -0.4 is 10.6 Å². The van der Waals surface area contributed by atoms with Crippen molar-refractivity contribution in [1.29, 1.82) is 0 Å². The molecule has 2 amide bonds. The molecule has 0 aromatic carbocycles. The van der Waals surface area contributed by atoms with Crippen LogP contribution in [0.15, 0.2) is 11.6 Å². The second-order valence-corrected chi connectivity index (χ2v) is 3.54. The molecule has 0 bridgehead atoms. The predicted molar refractivity (Wildman–Crippen MR) is 59.1 cm³/mol. The number of hydrogen-bond donors (Lipinski definition) is 4. The fraction of sp³-hybridized carbons (Fsp3) is 0.600. The Morgan fingerprint density at radius 1 is 1.38 bits per heavy atom. The summed E-state index contributed by atoms with van der Waals surface area (Å²) in [5, 5.41) is 22.0. The maximum Gasteiger partial charge on any atom is 0.326 e. The molecule has 0 radical (unpaired) electrons. The van der Waals surface area contributed by atoms with Gasteiger partial charge in [0.2, 0.25) is 0 Å². The Morgan fingerprint density at radius 2 is 2.00 bits per heavy atom. The van der Waals surface area contributed by atoms with E-state index < -0.39 is 18.0 Å². The third kappa shape index (κ3) is 6.83. The molecule has 0 fully saturated rings. The van der Waals surface area contributed by atoms with E-state index in [2.05, 4.69) is 10.6 Å². The Morgan fingerprint density at radius 3 is 2.44 bits per heavy atom. The maximum atomic E-state index is 11.2. The van der Waals surface area contributed by atoms with Gasteiger partial charge in [0.05, 0.1) is 0 Å². The number of rotatable bonds is 6. The SMILES string of the molecule is CC(C)=CCNC(=O)NC(CCO)C(=O)O. The number of carbonyl (C=O) groups excluding carboxylic acids is 1. The molecule has 0 saturated carbocycles. The molecule has 0 rings (SSSR count). The van der Waals surface area contributed by atoms with Gasteiger partial charge in [-0.3, -0.25) is 0 Å². The van der Waals surface area contributed by atoms with E-state index in [1.54, 1.807) is 6.08 Å². The average molecular weight is 230 g/mol. The van der Waals surface area contributed by atoms with Crippen LogP contribution in [0.5, 0.6) is 0 Å². The molecule has 16 heavy (non-hydrogen) atoms. The smallest absolute Gasteiger partial charge is 0.326 e. The van der Waals surface area contributed by atoms with E-state index >= 15 is 0 Å². The van der Waals surface area contributed by atoms with Gasteiger partial charge < -0.3 is 20.8 Å². The fourth-order valence-electron chi connectivity index (χ4n) is 0.944. The number of carboxylic acids is 1. The summed E-state index contributed by atoms with van der Waals surface area (Å²) in [6.45, 7) is 3.85. The number of aliphatic hydroxyl groups is 1. The second kappa shape index (κ2) is 7.70. The number of carboxylic acid groups (broad SMARTS) is 1. The van der Waals surface area contributed by atoms with Gasteiger partial charge in [0.1, 0.15) is 6.04 Å². The Labute approximate surface area is 94.3 Å². The zero-order valence-electron chi connectivity index (χ0n) is 9.49. The predicted octanol–water partition coefficient (Wildman–Crippen LogP) is 0.0874. The Balaban J connectivity index is 4.00. The van der Waals surface area contributed by atoms with Gasteiger partial charge in [0.25, 0.3) is 0 Å². The number of aliphatic hydroxyl groups excluding tert-OH is 1. The first-order chi connectivity index (χ1) is 7.47. The summed E-state index contributed by atoms with van der Waals surface area (Å²) < 4.78 is 0. The van der Waals surface area contributed by atoms with Crippen LogP contribution in [0.2, 0.25) is 0 Å². The van der Waals surface area contributed by atoms with Crippen LogP contribution in [0.25, 0.3) is 0 Å². The standard InChI is InChI=1S/C10H18N2O4/c1-7(2)3-5-11-10(16)12-8(4-6-13)9(14)15/h3,8,13H,4-6H2,1-2H3,(H,14,15)(H2,11,12,16). The number of allylic oxidation sites excluding steroid dienone is 1. The van der Waals surface area contributed by atoms with Crippen molar-refractivity contribution in [2.24, 2.45) is 0 Å². The van der Waals surface area contributed by atoms with E-state index in [1.807, 2.05) is 13.8 Å². The van der Waals surface area contributed by atoms with Crippen molar-refractivity contribution in [3.05, 3.63) is 11.6 Å². The molecule has 1 unspecified atom stereocenters. The number of urea groups is 1. The van der Waals surface area contributed by atoms with Gasteiger partial charge in [0, 0.05) is 19.6 Å². The van der Waals surface area contributed by atoms with Gasteiger partial charge in [0.15, 0.2) is 0 Å². The van der Waals surface area contributed by atoms with E-state index in [9.17, 15) is 9.59 Å². The van der Waals surface area contributed by atoms with Crippen LogP contribution in [-0.4, -0.2) is 41.4 Å². The van der Waals surface area contributed by atoms with Crippen LogP contribution in [0.3, 0.4) is 0 Å². The lowest BCUT2D eigenvalue weighted by Gasteiger charge is -2.13. The van der Waals surface area contributed by atoms with Gasteiger partial charge in [-0.05, 0) is 13.8 Å². The van der Waals surface area contributed by atoms with Gasteiger partial charge >= 0.3 is 12.0 Å². The van der Waals surface area contributed by atoms with E-state index in [4.69, 9.17) is 10.2 Å². The largest absolute Gasteiger partial charge is 0.480 e. The minimum Gasteiger partial charge on any atom is -0.480 e. The average Bonchev–Trinajstić information content (AvgIpc) is 2.16. The molecule has 0 heterocycles. The summed E-state index contributed by atoms with van der Waals surface area (Å²) in [6, 6.07) is -1.62. The second-order valence-electron chi connectivity index (χ2n) is 3.54. The van der Waals surface area contributed by atoms with E-state index in [0.29, 0.717) is 6.54 Å². The topological polar surface area (TPSA) is 98.7 Å². The van der Waals surface area contributed by atoms with Crippen molar-refractivity contribution in [2.75, 3.05) is 13.2 Å². The lowest BCUT2D eigenvalue weighted by molar-refractivity contribution is -0.139. The number of hydrogen-bond acceptors (Lipinski definition) is 3. The first-order valence-electron chi connectivity index (χ1n) is 4.98. The molecule has 0 saturated heterocycles. The van der Waals surface area contributed by atoms with Crippen molar-refractivity contribution in [3.63, 3.8) is 0 Å². The van der Waals surface area contributed by atoms with E-state index in [-0.39, 0.29) is 13.0 Å². The van der Waals surface area contributed by atoms with Gasteiger partial charge in [-0.25, -0.2) is 9.59 Å². The van der Waals surface area contributed by atoms with Crippen LogP contribution in [0.1, 0.15) is 20.3 Å². The highest BCUT2D eigenvalue weighted by atomic mass is 16.4. The molecule has 0 aliphatic carbocycles. The molecule has 0 aliphatic heterocycles. The normalized spacial score (nSPS) is 11.4. The molecule has 6 nitrogen and oxygen atoms in total. The molecule has 0 aliphatic rings. The minimum atomic E-state index is -1.16. The molecule has 6 heteroatoms. The highest BCUT2D eigenvalue weighted by molar-refractivity contribution is 5.82. The van der Waals surface area contributed by atoms with E-state index in [0.717, 1.165) is 5.57 Å². The van der Waals surface area contributed by atoms with E-state index in [1.165, 1.54) is 0 Å². The van der Waals surface area contributed by atoms with Crippen molar-refractivity contribution >= 4 is 12.0 Å². The van der Waals surface area contributed by atoms with Crippen molar-refractivity contribution in [2.45, 2.75) is 26.3 Å². The number of amides is 2. The van der Waals surface area contributed by atoms with Crippen LogP contribution in [-0.2, 0) is 4.79 Å². The highest BCUT2D eigenvalue weighted by Crippen LogP contribution is 1.91. The van der Waals surface area contributed by atoms with Crippen molar-refractivity contribution < 1.29 is 19.8 Å². The molecule has 4 N–H and O–H groups in total. The maximum absolute atomic E-state index is 11.2. The summed E-state index contributed by atoms with van der Waals surface area (Å²) in [6.07, 6.45) is 1.80. The van der Waals surface area contributed by atoms with Crippen LogP contribution in [0.4, 0.5) is 4.79 Å². The summed E-state index contributed by atoms with van der Waals surface area (Å²) in [7, 11) is 0. The summed E-state index contributed by atoms with van der Waals surface area (Å²) >= 11 is 0. The summed E-state index contributed by atoms with van der Waals surface area (Å²) in [5.74, 6) is -1.16. The zero-order valence-corrected chi connectivity index (χ0v) is 9.49. The zero-order chi connectivity index (χ0) is 12.6. The van der Waals surface area contributed by atoms with Gasteiger partial charge in [-0.2, -0.15) is 0 Å². The van der Waals surface area contributed by atoms with Gasteiger partial charge in [-0.1, -0.05) is 11.6 Å². The first kappa shape index (κ1) is 14.4. The molecular weight excluding hydrogens is 212 g/mol. The van der Waals surface area contributed by atoms with Crippen molar-refractivity contribution in [3.8, 4) is 0 Å². The summed E-state index contributed by atoms with van der Waals surface area (Å²) in [4.78, 5) is 21.9. The monoisotopic (exact) mass is 230 g/mol.